The number of hydrogen-bond donors (Lipinski definition) is 3. The van der Waals surface area contributed by atoms with E-state index in [1.807, 2.05) is 19.2 Å². The summed E-state index contributed by atoms with van der Waals surface area (Å²) in [6, 6.07) is 0. The van der Waals surface area contributed by atoms with Gasteiger partial charge in [0.1, 0.15) is 11.9 Å². The van der Waals surface area contributed by atoms with Crippen molar-refractivity contribution < 1.29 is 19.8 Å². The maximum atomic E-state index is 12.0. The molecule has 1 aromatic heterocycles. The van der Waals surface area contributed by atoms with Crippen molar-refractivity contribution in [3.63, 3.8) is 0 Å². The second-order valence-electron chi connectivity index (χ2n) is 15.1. The molecule has 0 aliphatic heterocycles. The second-order valence-corrected chi connectivity index (χ2v) is 15.1. The molecule has 0 spiro atoms. The van der Waals surface area contributed by atoms with Gasteiger partial charge in [-0.1, -0.05) is 78.6 Å². The Morgan fingerprint density at radius 3 is 2.41 bits per heavy atom. The van der Waals surface area contributed by atoms with Crippen molar-refractivity contribution >= 4 is 0 Å². The lowest BCUT2D eigenvalue weighted by Crippen LogP contribution is -2.66. The van der Waals surface area contributed by atoms with Gasteiger partial charge in [0.15, 0.2) is 0 Å². The molecule has 1 heterocycles. The molecule has 0 bridgehead atoms. The summed E-state index contributed by atoms with van der Waals surface area (Å²) in [6.45, 7) is 20.2. The minimum absolute atomic E-state index is 0.130. The van der Waals surface area contributed by atoms with Crippen molar-refractivity contribution in [1.29, 1.82) is 0 Å². The van der Waals surface area contributed by atoms with Crippen LogP contribution in [0.3, 0.4) is 0 Å². The van der Waals surface area contributed by atoms with Gasteiger partial charge in [-0.15, -0.1) is 0 Å². The standard InChI is InChI=1S/C32H53NO4/c1-10-27(3,4)13-14-28(5,20-34)15-16-31(8)30(7)12-11-23-21(2)26-22(19-33-37-26)18-29(23,6)24(30)17-25(35)32(31,9)36/h17,19,21,23,25,34-36H,10-16,18,20H2,1-9H3/t21-,23-,25+,28-,29-,30+,31-,32+/m0/s1. The molecule has 0 radical (unpaired) electrons. The van der Waals surface area contributed by atoms with Crippen LogP contribution in [-0.4, -0.2) is 38.8 Å². The zero-order valence-corrected chi connectivity index (χ0v) is 24.9. The third-order valence-corrected chi connectivity index (χ3v) is 12.4. The van der Waals surface area contributed by atoms with Gasteiger partial charge in [-0.25, -0.2) is 0 Å². The second kappa shape index (κ2) is 9.20. The van der Waals surface area contributed by atoms with Crippen LogP contribution in [0.4, 0.5) is 0 Å². The molecule has 1 saturated carbocycles. The minimum atomic E-state index is -1.27. The number of rotatable bonds is 8. The number of nitrogens with zero attached hydrogens (tertiary/aromatic N) is 1. The van der Waals surface area contributed by atoms with Gasteiger partial charge >= 0.3 is 0 Å². The Bertz CT molecular complexity index is 1030. The summed E-state index contributed by atoms with van der Waals surface area (Å²) in [7, 11) is 0. The molecule has 0 saturated heterocycles. The van der Waals surface area contributed by atoms with Crippen LogP contribution in [0.15, 0.2) is 22.4 Å². The molecule has 3 aliphatic carbocycles. The number of fused-ring (bicyclic) bond motifs is 4. The molecular weight excluding hydrogens is 462 g/mol. The fourth-order valence-corrected chi connectivity index (χ4v) is 8.44. The van der Waals surface area contributed by atoms with Crippen molar-refractivity contribution in [3.05, 3.63) is 29.2 Å². The van der Waals surface area contributed by atoms with Gasteiger partial charge in [0, 0.05) is 23.5 Å². The van der Waals surface area contributed by atoms with E-state index in [0.717, 1.165) is 57.1 Å². The SMILES string of the molecule is CCC(C)(C)CC[C@](C)(CO)CC[C@@]1(C)[C@]2(C)CC[C@H]3[C@H](C)c4oncc4C[C@]3(C)C2=C[C@@H](O)[C@@]1(C)O. The zero-order valence-electron chi connectivity index (χ0n) is 24.9. The third kappa shape index (κ3) is 4.26. The fraction of sp³-hybridized carbons (Fsp3) is 0.844. The van der Waals surface area contributed by atoms with Crippen LogP contribution < -0.4 is 0 Å². The maximum Gasteiger partial charge on any atom is 0.143 e. The largest absolute Gasteiger partial charge is 0.396 e. The van der Waals surface area contributed by atoms with Gasteiger partial charge in [-0.05, 0) is 79.4 Å². The van der Waals surface area contributed by atoms with E-state index in [0.29, 0.717) is 5.92 Å². The average molecular weight is 516 g/mol. The molecule has 4 rings (SSSR count). The molecule has 3 aliphatic rings. The highest BCUT2D eigenvalue weighted by molar-refractivity contribution is 5.41. The van der Waals surface area contributed by atoms with Crippen LogP contribution in [0.5, 0.6) is 0 Å². The molecule has 37 heavy (non-hydrogen) atoms. The van der Waals surface area contributed by atoms with E-state index in [2.05, 4.69) is 60.5 Å². The first kappa shape index (κ1) is 28.8. The molecule has 210 valence electrons. The number of aliphatic hydroxyl groups is 3. The summed E-state index contributed by atoms with van der Waals surface area (Å²) in [4.78, 5) is 0. The first-order valence-electron chi connectivity index (χ1n) is 14.7. The van der Waals surface area contributed by atoms with Crippen molar-refractivity contribution in [1.82, 2.24) is 5.16 Å². The Hall–Kier alpha value is -1.17. The molecule has 1 aromatic rings. The Kier molecular flexibility index (Phi) is 7.17. The smallest absolute Gasteiger partial charge is 0.143 e. The van der Waals surface area contributed by atoms with Crippen LogP contribution in [0, 0.1) is 33.0 Å². The van der Waals surface area contributed by atoms with Crippen molar-refractivity contribution in [2.75, 3.05) is 6.61 Å². The number of aromatic nitrogens is 1. The van der Waals surface area contributed by atoms with Crippen molar-refractivity contribution in [2.45, 2.75) is 131 Å². The van der Waals surface area contributed by atoms with Gasteiger partial charge in [-0.2, -0.15) is 0 Å². The molecule has 1 fully saturated rings. The van der Waals surface area contributed by atoms with Crippen molar-refractivity contribution in [2.24, 2.45) is 33.0 Å². The zero-order chi connectivity index (χ0) is 27.7. The van der Waals surface area contributed by atoms with E-state index in [1.165, 1.54) is 11.1 Å². The van der Waals surface area contributed by atoms with Crippen LogP contribution in [0.1, 0.15) is 125 Å². The molecule has 5 heteroatoms. The fourth-order valence-electron chi connectivity index (χ4n) is 8.44. The predicted octanol–water partition coefficient (Wildman–Crippen LogP) is 6.81. The lowest BCUT2D eigenvalue weighted by atomic mass is 9.38. The van der Waals surface area contributed by atoms with Crippen LogP contribution in [0.2, 0.25) is 0 Å². The van der Waals surface area contributed by atoms with Gasteiger partial charge in [0.25, 0.3) is 0 Å². The summed E-state index contributed by atoms with van der Waals surface area (Å²) in [5.74, 6) is 1.70. The van der Waals surface area contributed by atoms with Gasteiger partial charge in [-0.3, -0.25) is 0 Å². The van der Waals surface area contributed by atoms with E-state index in [1.54, 1.807) is 0 Å². The highest BCUT2D eigenvalue weighted by atomic mass is 16.5. The Balaban J connectivity index is 1.70. The maximum absolute atomic E-state index is 12.0. The minimum Gasteiger partial charge on any atom is -0.396 e. The number of hydrogen-bond acceptors (Lipinski definition) is 5. The highest BCUT2D eigenvalue weighted by Crippen LogP contribution is 2.70. The molecular formula is C32H53NO4. The molecule has 0 unspecified atom stereocenters. The molecule has 8 atom stereocenters. The Labute approximate surface area is 225 Å². The summed E-state index contributed by atoms with van der Waals surface area (Å²) < 4.78 is 5.68. The van der Waals surface area contributed by atoms with Gasteiger partial charge < -0.3 is 19.8 Å². The third-order valence-electron chi connectivity index (χ3n) is 12.4. The van der Waals surface area contributed by atoms with E-state index >= 15 is 0 Å². The average Bonchev–Trinajstić information content (AvgIpc) is 3.30. The normalized spacial score (nSPS) is 41.3. The topological polar surface area (TPSA) is 86.7 Å². The molecule has 5 nitrogen and oxygen atoms in total. The summed E-state index contributed by atoms with van der Waals surface area (Å²) >= 11 is 0. The summed E-state index contributed by atoms with van der Waals surface area (Å²) in [6.07, 6.45) is 10.5. The van der Waals surface area contributed by atoms with Crippen molar-refractivity contribution in [3.8, 4) is 0 Å². The lowest BCUT2D eigenvalue weighted by Gasteiger charge is -2.67. The molecule has 0 amide bonds. The predicted molar refractivity (Wildman–Crippen MR) is 148 cm³/mol. The molecule has 0 aromatic carbocycles. The summed E-state index contributed by atoms with van der Waals surface area (Å²) in [5, 5.41) is 38.1. The van der Waals surface area contributed by atoms with Crippen LogP contribution in [0.25, 0.3) is 0 Å². The number of allylic oxidation sites excluding steroid dienone is 1. The van der Waals surface area contributed by atoms with E-state index < -0.39 is 17.1 Å². The van der Waals surface area contributed by atoms with E-state index in [4.69, 9.17) is 4.52 Å². The highest BCUT2D eigenvalue weighted by Gasteiger charge is 2.67. The van der Waals surface area contributed by atoms with Crippen LogP contribution in [-0.2, 0) is 6.42 Å². The first-order chi connectivity index (χ1) is 17.0. The Morgan fingerprint density at radius 1 is 1.11 bits per heavy atom. The Morgan fingerprint density at radius 2 is 1.78 bits per heavy atom. The van der Waals surface area contributed by atoms with E-state index in [9.17, 15) is 15.3 Å². The van der Waals surface area contributed by atoms with Gasteiger partial charge in [0.05, 0.1) is 11.8 Å². The molecule has 3 N–H and O–H groups in total. The quantitative estimate of drug-likeness (QED) is 0.331. The first-order valence-corrected chi connectivity index (χ1v) is 14.7. The monoisotopic (exact) mass is 515 g/mol. The van der Waals surface area contributed by atoms with Gasteiger partial charge in [0.2, 0.25) is 0 Å². The number of aliphatic hydroxyl groups excluding tert-OH is 2. The summed E-state index contributed by atoms with van der Waals surface area (Å²) in [5.41, 5.74) is 0.295. The lowest BCUT2D eigenvalue weighted by molar-refractivity contribution is -0.197. The van der Waals surface area contributed by atoms with E-state index in [-0.39, 0.29) is 34.2 Å². The van der Waals surface area contributed by atoms with Crippen LogP contribution >= 0.6 is 0 Å².